The van der Waals surface area contributed by atoms with Crippen LogP contribution in [-0.2, 0) is 12.1 Å². The van der Waals surface area contributed by atoms with Crippen LogP contribution >= 0.6 is 0 Å². The van der Waals surface area contributed by atoms with Crippen LogP contribution in [0.1, 0.15) is 11.1 Å². The lowest BCUT2D eigenvalue weighted by molar-refractivity contribution is -0.361. The van der Waals surface area contributed by atoms with Crippen LogP contribution in [0.5, 0.6) is 0 Å². The van der Waals surface area contributed by atoms with Crippen LogP contribution in [0.2, 0.25) is 0 Å². The Bertz CT molecular complexity index is 649. The second-order valence-electron chi connectivity index (χ2n) is 4.15. The van der Waals surface area contributed by atoms with Crippen molar-refractivity contribution in [3.8, 4) is 0 Å². The average molecular weight is 386 g/mol. The largest absolute Gasteiger partial charge is 0.460 e. The molecule has 0 aromatic heterocycles. The zero-order chi connectivity index (χ0) is 19.5. The van der Waals surface area contributed by atoms with Gasteiger partial charge in [-0.25, -0.2) is 17.6 Å². The van der Waals surface area contributed by atoms with Crippen molar-refractivity contribution in [2.45, 2.75) is 24.2 Å². The van der Waals surface area contributed by atoms with Crippen LogP contribution in [0, 0.1) is 23.3 Å². The Morgan fingerprint density at radius 2 is 0.792 bits per heavy atom. The monoisotopic (exact) mass is 386 g/mol. The summed E-state index contributed by atoms with van der Waals surface area (Å²) in [5.41, 5.74) is -7.83. The van der Waals surface area contributed by atoms with Crippen molar-refractivity contribution in [1.29, 1.82) is 0 Å². The van der Waals surface area contributed by atoms with Gasteiger partial charge in [0.15, 0.2) is 23.3 Å². The van der Waals surface area contributed by atoms with Gasteiger partial charge in [0, 0.05) is 0 Å². The molecule has 0 aliphatic rings. The Hall–Kier alpha value is -1.76. The molecule has 0 aliphatic carbocycles. The van der Waals surface area contributed by atoms with E-state index in [1.54, 1.807) is 0 Å². The van der Waals surface area contributed by atoms with E-state index in [-0.39, 0.29) is 0 Å². The first-order valence-electron chi connectivity index (χ1n) is 5.15. The first-order chi connectivity index (χ1) is 10.4. The molecule has 0 heterocycles. The van der Waals surface area contributed by atoms with Crippen LogP contribution in [0.3, 0.4) is 0 Å². The van der Waals surface area contributed by atoms with Gasteiger partial charge in [-0.05, 0) is 0 Å². The summed E-state index contributed by atoms with van der Waals surface area (Å²) in [4.78, 5) is 0. The average Bonchev–Trinajstić information content (AvgIpc) is 2.36. The molecule has 0 saturated carbocycles. The SMILES string of the molecule is Fc1c(F)c(F)c(C(F)(F)C(F)(F)C(F)(F)F)c(C(F)(F)F)c1F. The van der Waals surface area contributed by atoms with Gasteiger partial charge in [-0.1, -0.05) is 0 Å². The van der Waals surface area contributed by atoms with Gasteiger partial charge < -0.3 is 0 Å². The topological polar surface area (TPSA) is 0 Å². The summed E-state index contributed by atoms with van der Waals surface area (Å²) in [6, 6.07) is 0. The van der Waals surface area contributed by atoms with E-state index in [0.29, 0.717) is 0 Å². The highest BCUT2D eigenvalue weighted by Crippen LogP contribution is 2.55. The minimum absolute atomic E-state index is 3.32. The lowest BCUT2D eigenvalue weighted by Gasteiger charge is -2.30. The van der Waals surface area contributed by atoms with Gasteiger partial charge >= 0.3 is 24.2 Å². The molecule has 0 radical (unpaired) electrons. The fourth-order valence-electron chi connectivity index (χ4n) is 1.53. The molecule has 0 N–H and O–H groups in total. The van der Waals surface area contributed by atoms with E-state index >= 15 is 0 Å². The summed E-state index contributed by atoms with van der Waals surface area (Å²) < 4.78 is 177. The standard InChI is InChI=1S/C10F14/c11-3-1(7(15,16)9(20,21)10(22,23)24)2(8(17,18)19)4(12)6(14)5(3)13. The molecule has 138 valence electrons. The van der Waals surface area contributed by atoms with Crippen molar-refractivity contribution in [2.24, 2.45) is 0 Å². The van der Waals surface area contributed by atoms with E-state index in [2.05, 4.69) is 0 Å². The second kappa shape index (κ2) is 5.37. The number of rotatable bonds is 2. The predicted octanol–water partition coefficient (Wildman–Crippen LogP) is 5.55. The van der Waals surface area contributed by atoms with Gasteiger partial charge in [0.05, 0.1) is 5.56 Å². The third-order valence-corrected chi connectivity index (χ3v) is 2.61. The maximum absolute atomic E-state index is 13.3. The summed E-state index contributed by atoms with van der Waals surface area (Å²) in [6.45, 7) is 0. The molecular weight excluding hydrogens is 386 g/mol. The number of alkyl halides is 10. The molecule has 0 fully saturated rings. The number of halogens is 14. The molecule has 1 aromatic carbocycles. The molecule has 0 spiro atoms. The highest BCUT2D eigenvalue weighted by atomic mass is 19.4. The van der Waals surface area contributed by atoms with Gasteiger partial charge in [0.1, 0.15) is 5.56 Å². The van der Waals surface area contributed by atoms with Gasteiger partial charge in [-0.2, -0.15) is 43.9 Å². The first kappa shape index (κ1) is 20.3. The van der Waals surface area contributed by atoms with Crippen molar-refractivity contribution >= 4 is 0 Å². The quantitative estimate of drug-likeness (QED) is 0.355. The van der Waals surface area contributed by atoms with E-state index < -0.39 is 58.6 Å². The van der Waals surface area contributed by atoms with Crippen molar-refractivity contribution in [3.05, 3.63) is 34.4 Å². The van der Waals surface area contributed by atoms with E-state index in [4.69, 9.17) is 0 Å². The Balaban J connectivity index is 4.02. The molecule has 1 rings (SSSR count). The van der Waals surface area contributed by atoms with Gasteiger partial charge in [-0.3, -0.25) is 0 Å². The maximum atomic E-state index is 13.3. The van der Waals surface area contributed by atoms with Crippen LogP contribution < -0.4 is 0 Å². The second-order valence-corrected chi connectivity index (χ2v) is 4.15. The fourth-order valence-corrected chi connectivity index (χ4v) is 1.53. The van der Waals surface area contributed by atoms with Crippen LogP contribution in [0.25, 0.3) is 0 Å². The molecule has 0 amide bonds. The fraction of sp³-hybridized carbons (Fsp3) is 0.400. The molecule has 0 atom stereocenters. The molecular formula is C10F14. The van der Waals surface area contributed by atoms with Gasteiger partial charge in [0.2, 0.25) is 0 Å². The summed E-state index contributed by atoms with van der Waals surface area (Å²) in [6.07, 6.45) is -13.8. The zero-order valence-electron chi connectivity index (χ0n) is 10.3. The Morgan fingerprint density at radius 3 is 1.08 bits per heavy atom. The number of benzene rings is 1. The highest BCUT2D eigenvalue weighted by molar-refractivity contribution is 5.39. The Morgan fingerprint density at radius 1 is 0.458 bits per heavy atom. The summed E-state index contributed by atoms with van der Waals surface area (Å²) >= 11 is 0. The van der Waals surface area contributed by atoms with E-state index in [0.717, 1.165) is 0 Å². The summed E-state index contributed by atoms with van der Waals surface area (Å²) in [5.74, 6) is -28.6. The molecule has 14 heteroatoms. The first-order valence-corrected chi connectivity index (χ1v) is 5.15. The van der Waals surface area contributed by atoms with Crippen molar-refractivity contribution < 1.29 is 61.5 Å². The van der Waals surface area contributed by atoms with Crippen molar-refractivity contribution in [3.63, 3.8) is 0 Å². The van der Waals surface area contributed by atoms with E-state index in [1.807, 2.05) is 0 Å². The maximum Gasteiger partial charge on any atom is 0.460 e. The minimum Gasteiger partial charge on any atom is -0.203 e. The lowest BCUT2D eigenvalue weighted by atomic mass is 9.94. The smallest absolute Gasteiger partial charge is 0.203 e. The van der Waals surface area contributed by atoms with Crippen molar-refractivity contribution in [2.75, 3.05) is 0 Å². The zero-order valence-corrected chi connectivity index (χ0v) is 10.3. The summed E-state index contributed by atoms with van der Waals surface area (Å²) in [5, 5.41) is 0. The van der Waals surface area contributed by atoms with Crippen LogP contribution in [0.4, 0.5) is 61.5 Å². The summed E-state index contributed by atoms with van der Waals surface area (Å²) in [7, 11) is 0. The van der Waals surface area contributed by atoms with Crippen LogP contribution in [0.15, 0.2) is 0 Å². The van der Waals surface area contributed by atoms with E-state index in [1.165, 1.54) is 0 Å². The van der Waals surface area contributed by atoms with Gasteiger partial charge in [-0.15, -0.1) is 0 Å². The highest BCUT2D eigenvalue weighted by Gasteiger charge is 2.75. The number of hydrogen-bond donors (Lipinski definition) is 0. The third-order valence-electron chi connectivity index (χ3n) is 2.61. The Kier molecular flexibility index (Phi) is 4.54. The molecule has 0 bridgehead atoms. The molecule has 0 aliphatic heterocycles. The molecule has 24 heavy (non-hydrogen) atoms. The Labute approximate surface area is 121 Å². The molecule has 0 saturated heterocycles. The normalized spacial score (nSPS) is 14.2. The molecule has 1 aromatic rings. The van der Waals surface area contributed by atoms with Crippen molar-refractivity contribution in [1.82, 2.24) is 0 Å². The molecule has 0 unspecified atom stereocenters. The van der Waals surface area contributed by atoms with Crippen LogP contribution in [-0.4, -0.2) is 12.1 Å². The number of hydrogen-bond acceptors (Lipinski definition) is 0. The third kappa shape index (κ3) is 2.75. The minimum atomic E-state index is -7.36. The van der Waals surface area contributed by atoms with E-state index in [9.17, 15) is 61.5 Å². The molecule has 0 nitrogen and oxygen atoms in total. The lowest BCUT2D eigenvalue weighted by Crippen LogP contribution is -2.51. The predicted molar refractivity (Wildman–Crippen MR) is 46.2 cm³/mol. The van der Waals surface area contributed by atoms with Gasteiger partial charge in [0.25, 0.3) is 0 Å².